The molecule has 0 bridgehead atoms. The van der Waals surface area contributed by atoms with Crippen molar-refractivity contribution in [1.29, 1.82) is 0 Å². The predicted molar refractivity (Wildman–Crippen MR) is 76.9 cm³/mol. The minimum Gasteiger partial charge on any atom is -0.481 e. The largest absolute Gasteiger partial charge is 0.481 e. The first kappa shape index (κ1) is 14.8. The van der Waals surface area contributed by atoms with Gasteiger partial charge in [0.2, 0.25) is 0 Å². The molecule has 1 atom stereocenters. The monoisotopic (exact) mass is 297 g/mol. The Morgan fingerprint density at radius 2 is 2.40 bits per heavy atom. The molecular formula is C13H19N3O3S. The van der Waals surface area contributed by atoms with Gasteiger partial charge in [0.1, 0.15) is 0 Å². The number of carboxylic acids is 1. The summed E-state index contributed by atoms with van der Waals surface area (Å²) < 4.78 is 0. The maximum Gasteiger partial charge on any atom is 0.323 e. The molecule has 2 N–H and O–H groups in total. The second-order valence-electron chi connectivity index (χ2n) is 5.13. The summed E-state index contributed by atoms with van der Waals surface area (Å²) >= 11 is 1.35. The predicted octanol–water partition coefficient (Wildman–Crippen LogP) is 2.64. The Bertz CT molecular complexity index is 473. The van der Waals surface area contributed by atoms with Crippen LogP contribution in [0.2, 0.25) is 0 Å². The van der Waals surface area contributed by atoms with Gasteiger partial charge in [-0.1, -0.05) is 13.3 Å². The minimum absolute atomic E-state index is 0.263. The van der Waals surface area contributed by atoms with E-state index in [0.717, 1.165) is 12.8 Å². The quantitative estimate of drug-likeness (QED) is 0.895. The molecule has 1 aromatic rings. The zero-order valence-corrected chi connectivity index (χ0v) is 12.3. The van der Waals surface area contributed by atoms with Crippen LogP contribution in [0.15, 0.2) is 11.6 Å². The molecule has 20 heavy (non-hydrogen) atoms. The number of thiazole rings is 1. The molecule has 0 saturated carbocycles. The van der Waals surface area contributed by atoms with Crippen LogP contribution in [0.3, 0.4) is 0 Å². The maximum absolute atomic E-state index is 12.2. The fourth-order valence-electron chi connectivity index (χ4n) is 2.72. The molecule has 0 radical (unpaired) electrons. The molecule has 1 fully saturated rings. The number of carbonyl (C=O) groups is 2. The molecule has 0 aromatic carbocycles. The van der Waals surface area contributed by atoms with Crippen LogP contribution in [-0.2, 0) is 4.79 Å². The van der Waals surface area contributed by atoms with Crippen LogP contribution in [0.5, 0.6) is 0 Å². The van der Waals surface area contributed by atoms with Crippen molar-refractivity contribution in [3.63, 3.8) is 0 Å². The van der Waals surface area contributed by atoms with Crippen LogP contribution in [0.1, 0.15) is 32.6 Å². The molecule has 6 nitrogen and oxygen atoms in total. The lowest BCUT2D eigenvalue weighted by atomic mass is 9.76. The standard InChI is InChI=1S/C13H19N3O3S/c1-2-4-13(10(17)18)5-3-7-16(9-13)12(19)15-11-14-6-8-20-11/h6,8H,2-5,7,9H2,1H3,(H,17,18)(H,14,15,19). The molecule has 1 unspecified atom stereocenters. The minimum atomic E-state index is -0.800. The fraction of sp³-hybridized carbons (Fsp3) is 0.615. The maximum atomic E-state index is 12.2. The van der Waals surface area contributed by atoms with Crippen molar-refractivity contribution in [1.82, 2.24) is 9.88 Å². The summed E-state index contributed by atoms with van der Waals surface area (Å²) in [6.45, 7) is 2.84. The molecule has 1 aliphatic rings. The Hall–Kier alpha value is -1.63. The average Bonchev–Trinajstić information content (AvgIpc) is 2.92. The number of carboxylic acid groups (broad SMARTS) is 1. The van der Waals surface area contributed by atoms with E-state index in [0.29, 0.717) is 24.5 Å². The van der Waals surface area contributed by atoms with E-state index in [1.165, 1.54) is 11.3 Å². The number of urea groups is 1. The number of amides is 2. The van der Waals surface area contributed by atoms with Crippen molar-refractivity contribution in [3.8, 4) is 0 Å². The van der Waals surface area contributed by atoms with E-state index in [1.807, 2.05) is 6.92 Å². The number of hydrogen-bond donors (Lipinski definition) is 2. The number of nitrogens with one attached hydrogen (secondary N) is 1. The number of aromatic nitrogens is 1. The van der Waals surface area contributed by atoms with Crippen LogP contribution < -0.4 is 5.32 Å². The fourth-order valence-corrected chi connectivity index (χ4v) is 3.24. The van der Waals surface area contributed by atoms with Crippen molar-refractivity contribution in [3.05, 3.63) is 11.6 Å². The summed E-state index contributed by atoms with van der Waals surface area (Å²) in [6.07, 6.45) is 4.38. The van der Waals surface area contributed by atoms with E-state index in [-0.39, 0.29) is 12.6 Å². The summed E-state index contributed by atoms with van der Waals surface area (Å²) in [6, 6.07) is -0.263. The Kier molecular flexibility index (Phi) is 4.59. The summed E-state index contributed by atoms with van der Waals surface area (Å²) in [7, 11) is 0. The van der Waals surface area contributed by atoms with Gasteiger partial charge in [-0.3, -0.25) is 10.1 Å². The third-order valence-electron chi connectivity index (χ3n) is 3.69. The van der Waals surface area contributed by atoms with E-state index in [9.17, 15) is 14.7 Å². The van der Waals surface area contributed by atoms with E-state index >= 15 is 0 Å². The summed E-state index contributed by atoms with van der Waals surface area (Å²) in [5, 5.41) is 14.5. The number of nitrogens with zero attached hydrogens (tertiary/aromatic N) is 2. The zero-order chi connectivity index (χ0) is 14.6. The van der Waals surface area contributed by atoms with E-state index in [4.69, 9.17) is 0 Å². The van der Waals surface area contributed by atoms with Gasteiger partial charge in [0.25, 0.3) is 0 Å². The second-order valence-corrected chi connectivity index (χ2v) is 6.02. The lowest BCUT2D eigenvalue weighted by molar-refractivity contribution is -0.152. The molecule has 0 spiro atoms. The highest BCUT2D eigenvalue weighted by molar-refractivity contribution is 7.13. The first-order chi connectivity index (χ1) is 9.57. The number of carbonyl (C=O) groups excluding carboxylic acids is 1. The Morgan fingerprint density at radius 3 is 3.00 bits per heavy atom. The highest BCUT2D eigenvalue weighted by Gasteiger charge is 2.42. The Morgan fingerprint density at radius 1 is 1.60 bits per heavy atom. The second kappa shape index (κ2) is 6.21. The van der Waals surface area contributed by atoms with Crippen molar-refractivity contribution in [2.24, 2.45) is 5.41 Å². The molecule has 110 valence electrons. The van der Waals surface area contributed by atoms with Crippen molar-refractivity contribution in [2.75, 3.05) is 18.4 Å². The van der Waals surface area contributed by atoms with Gasteiger partial charge in [-0.15, -0.1) is 11.3 Å². The van der Waals surface area contributed by atoms with Crippen molar-refractivity contribution >= 4 is 28.5 Å². The number of aliphatic carboxylic acids is 1. The highest BCUT2D eigenvalue weighted by atomic mass is 32.1. The Labute approximate surface area is 121 Å². The topological polar surface area (TPSA) is 82.5 Å². The SMILES string of the molecule is CCCC1(C(=O)O)CCCN(C(=O)Nc2nccs2)C1. The van der Waals surface area contributed by atoms with Gasteiger partial charge in [-0.25, -0.2) is 9.78 Å². The van der Waals surface area contributed by atoms with Crippen LogP contribution in [-0.4, -0.2) is 40.1 Å². The normalized spacial score (nSPS) is 22.6. The van der Waals surface area contributed by atoms with Gasteiger partial charge in [0.15, 0.2) is 5.13 Å². The number of anilines is 1. The molecule has 2 amide bonds. The lowest BCUT2D eigenvalue weighted by Crippen LogP contribution is -2.51. The van der Waals surface area contributed by atoms with Crippen LogP contribution >= 0.6 is 11.3 Å². The lowest BCUT2D eigenvalue weighted by Gasteiger charge is -2.39. The van der Waals surface area contributed by atoms with E-state index in [1.54, 1.807) is 16.5 Å². The first-order valence-electron chi connectivity index (χ1n) is 6.76. The van der Waals surface area contributed by atoms with Gasteiger partial charge in [-0.05, 0) is 19.3 Å². The van der Waals surface area contributed by atoms with E-state index < -0.39 is 11.4 Å². The third-order valence-corrected chi connectivity index (χ3v) is 4.38. The zero-order valence-electron chi connectivity index (χ0n) is 11.5. The van der Waals surface area contributed by atoms with Crippen LogP contribution in [0, 0.1) is 5.41 Å². The molecule has 0 aliphatic carbocycles. The molecule has 1 aromatic heterocycles. The van der Waals surface area contributed by atoms with Gasteiger partial charge in [0.05, 0.1) is 5.41 Å². The molecule has 2 rings (SSSR count). The number of piperidine rings is 1. The van der Waals surface area contributed by atoms with E-state index in [2.05, 4.69) is 10.3 Å². The molecule has 1 saturated heterocycles. The third kappa shape index (κ3) is 3.09. The average molecular weight is 297 g/mol. The highest BCUT2D eigenvalue weighted by Crippen LogP contribution is 2.35. The Balaban J connectivity index is 2.05. The van der Waals surface area contributed by atoms with Gasteiger partial charge >= 0.3 is 12.0 Å². The van der Waals surface area contributed by atoms with Crippen LogP contribution in [0.4, 0.5) is 9.93 Å². The number of hydrogen-bond acceptors (Lipinski definition) is 4. The van der Waals surface area contributed by atoms with Crippen LogP contribution in [0.25, 0.3) is 0 Å². The van der Waals surface area contributed by atoms with Crippen molar-refractivity contribution < 1.29 is 14.7 Å². The van der Waals surface area contributed by atoms with Crippen molar-refractivity contribution in [2.45, 2.75) is 32.6 Å². The number of likely N-dealkylation sites (tertiary alicyclic amines) is 1. The number of rotatable bonds is 4. The smallest absolute Gasteiger partial charge is 0.323 e. The first-order valence-corrected chi connectivity index (χ1v) is 7.64. The summed E-state index contributed by atoms with van der Waals surface area (Å²) in [5.41, 5.74) is -0.798. The summed E-state index contributed by atoms with van der Waals surface area (Å²) in [4.78, 5) is 29.3. The molecule has 2 heterocycles. The van der Waals surface area contributed by atoms with Gasteiger partial charge in [0, 0.05) is 24.7 Å². The molecular weight excluding hydrogens is 278 g/mol. The molecule has 7 heteroatoms. The summed E-state index contributed by atoms with van der Waals surface area (Å²) in [5.74, 6) is -0.800. The van der Waals surface area contributed by atoms with Gasteiger partial charge in [-0.2, -0.15) is 0 Å². The molecule has 1 aliphatic heterocycles. The van der Waals surface area contributed by atoms with Gasteiger partial charge < -0.3 is 10.0 Å².